The number of H-pyrrole nitrogens is 1. The zero-order valence-corrected chi connectivity index (χ0v) is 14.6. The van der Waals surface area contributed by atoms with E-state index in [1.54, 1.807) is 0 Å². The largest absolute Gasteiger partial charge is 0.497 e. The van der Waals surface area contributed by atoms with Crippen molar-refractivity contribution in [1.29, 1.82) is 0 Å². The van der Waals surface area contributed by atoms with Crippen LogP contribution < -0.4 is 15.2 Å². The van der Waals surface area contributed by atoms with E-state index >= 15 is 0 Å². The molecule has 0 radical (unpaired) electrons. The topological polar surface area (TPSA) is 145 Å². The molecule has 27 heavy (non-hydrogen) atoms. The van der Waals surface area contributed by atoms with Gasteiger partial charge in [0.05, 0.1) is 17.5 Å². The molecular formula is C16H13N3O7S. The van der Waals surface area contributed by atoms with E-state index in [1.165, 1.54) is 49.6 Å². The maximum atomic E-state index is 12.4. The van der Waals surface area contributed by atoms with Crippen LogP contribution in [0.15, 0.2) is 56.7 Å². The van der Waals surface area contributed by atoms with E-state index in [9.17, 15) is 23.3 Å². The Bertz CT molecular complexity index is 1190. The Morgan fingerprint density at radius 2 is 1.96 bits per heavy atom. The molecule has 3 aromatic rings. The van der Waals surface area contributed by atoms with Gasteiger partial charge in [0.1, 0.15) is 5.75 Å². The molecule has 0 spiro atoms. The van der Waals surface area contributed by atoms with Gasteiger partial charge in [0, 0.05) is 11.8 Å². The van der Waals surface area contributed by atoms with E-state index in [-0.39, 0.29) is 22.4 Å². The maximum Gasteiger partial charge on any atom is 0.417 e. The van der Waals surface area contributed by atoms with Gasteiger partial charge in [-0.25, -0.2) is 4.79 Å². The number of benzene rings is 2. The molecular weight excluding hydrogens is 378 g/mol. The summed E-state index contributed by atoms with van der Waals surface area (Å²) in [5, 5.41) is 10.3. The molecule has 0 unspecified atom stereocenters. The summed E-state index contributed by atoms with van der Waals surface area (Å²) in [7, 11) is -3.01. The molecule has 0 aliphatic carbocycles. The second-order valence-corrected chi connectivity index (χ2v) is 6.97. The van der Waals surface area contributed by atoms with E-state index in [0.29, 0.717) is 5.75 Å². The minimum atomic E-state index is -4.46. The molecule has 0 saturated heterocycles. The van der Waals surface area contributed by atoms with Crippen LogP contribution in [-0.4, -0.2) is 25.4 Å². The molecule has 140 valence electrons. The number of sulfonamides is 1. The van der Waals surface area contributed by atoms with Gasteiger partial charge >= 0.3 is 20.8 Å². The number of fused-ring (bicyclic) bond motifs is 1. The van der Waals surface area contributed by atoms with Gasteiger partial charge in [0.15, 0.2) is 5.58 Å². The second kappa shape index (κ2) is 6.96. The number of anilines is 1. The fourth-order valence-corrected chi connectivity index (χ4v) is 3.34. The smallest absolute Gasteiger partial charge is 0.417 e. The fourth-order valence-electron chi connectivity index (χ4n) is 2.30. The van der Waals surface area contributed by atoms with Crippen molar-refractivity contribution in [2.45, 2.75) is 0 Å². The number of hydrogen-bond acceptors (Lipinski definition) is 7. The van der Waals surface area contributed by atoms with Crippen LogP contribution in [0.25, 0.3) is 17.2 Å². The first kappa shape index (κ1) is 18.2. The van der Waals surface area contributed by atoms with E-state index in [4.69, 9.17) is 9.15 Å². The molecule has 3 rings (SSSR count). The normalized spacial score (nSPS) is 12.1. The molecule has 0 amide bonds. The molecule has 11 heteroatoms. The Morgan fingerprint density at radius 1 is 1.26 bits per heavy atom. The quantitative estimate of drug-likeness (QED) is 0.484. The van der Waals surface area contributed by atoms with Crippen LogP contribution in [0.2, 0.25) is 0 Å². The highest BCUT2D eigenvalue weighted by Crippen LogP contribution is 2.21. The number of nitro groups is 1. The molecule has 0 bridgehead atoms. The third-order valence-corrected chi connectivity index (χ3v) is 4.85. The minimum absolute atomic E-state index is 0.137. The van der Waals surface area contributed by atoms with Crippen molar-refractivity contribution in [2.75, 3.05) is 11.8 Å². The van der Waals surface area contributed by atoms with Crippen molar-refractivity contribution in [3.63, 3.8) is 0 Å². The maximum absolute atomic E-state index is 12.4. The second-order valence-electron chi connectivity index (χ2n) is 5.34. The number of nitrogens with one attached hydrogen (secondary N) is 2. The first-order chi connectivity index (χ1) is 12.8. The van der Waals surface area contributed by atoms with Crippen LogP contribution in [0, 0.1) is 10.1 Å². The van der Waals surface area contributed by atoms with Crippen LogP contribution in [0.5, 0.6) is 5.75 Å². The third kappa shape index (κ3) is 3.98. The van der Waals surface area contributed by atoms with Crippen molar-refractivity contribution in [3.8, 4) is 5.75 Å². The minimum Gasteiger partial charge on any atom is -0.497 e. The average molecular weight is 391 g/mol. The van der Waals surface area contributed by atoms with Crippen molar-refractivity contribution >= 4 is 32.9 Å². The first-order valence-electron chi connectivity index (χ1n) is 7.44. The van der Waals surface area contributed by atoms with E-state index < -0.39 is 25.7 Å². The Labute approximate surface area is 152 Å². The summed E-state index contributed by atoms with van der Waals surface area (Å²) >= 11 is 0. The number of hydrogen-bond donors (Lipinski definition) is 2. The van der Waals surface area contributed by atoms with Crippen molar-refractivity contribution in [3.05, 3.63) is 73.7 Å². The monoisotopic (exact) mass is 391 g/mol. The van der Waals surface area contributed by atoms with Crippen molar-refractivity contribution in [1.82, 2.24) is 4.98 Å². The molecule has 0 aliphatic heterocycles. The summed E-state index contributed by atoms with van der Waals surface area (Å²) in [6.07, 6.45) is 0.886. The Kier molecular flexibility index (Phi) is 4.69. The SMILES string of the molecule is COc1ccc(NS(=O)(=O)C(=Cc2ccc3oc(=O)[nH]c3c2)[N+](=O)[O-])cc1. The number of aromatic amines is 1. The first-order valence-corrected chi connectivity index (χ1v) is 8.92. The Balaban J connectivity index is 1.97. The van der Waals surface area contributed by atoms with Crippen LogP contribution in [0.1, 0.15) is 5.56 Å². The van der Waals surface area contributed by atoms with Gasteiger partial charge in [0.2, 0.25) is 0 Å². The van der Waals surface area contributed by atoms with Gasteiger partial charge in [0.25, 0.3) is 0 Å². The van der Waals surface area contributed by atoms with Gasteiger partial charge in [-0.05, 0) is 42.0 Å². The molecule has 0 fully saturated rings. The van der Waals surface area contributed by atoms with Gasteiger partial charge in [-0.2, -0.15) is 8.42 Å². The van der Waals surface area contributed by atoms with E-state index in [1.807, 2.05) is 0 Å². The summed E-state index contributed by atoms with van der Waals surface area (Å²) in [6.45, 7) is 0. The zero-order chi connectivity index (χ0) is 19.6. The lowest BCUT2D eigenvalue weighted by atomic mass is 10.2. The van der Waals surface area contributed by atoms with Gasteiger partial charge in [-0.3, -0.25) is 19.8 Å². The standard InChI is InChI=1S/C16H13N3O7S/c1-25-12-5-3-11(4-6-12)18-27(23,24)15(19(21)22)9-10-2-7-14-13(8-10)17-16(20)26-14/h2-9,18H,1H3,(H,17,20). The van der Waals surface area contributed by atoms with Crippen LogP contribution >= 0.6 is 0 Å². The number of nitrogens with zero attached hydrogens (tertiary/aromatic N) is 1. The lowest BCUT2D eigenvalue weighted by molar-refractivity contribution is -0.410. The van der Waals surface area contributed by atoms with Gasteiger partial charge in [-0.15, -0.1) is 0 Å². The molecule has 10 nitrogen and oxygen atoms in total. The molecule has 2 N–H and O–H groups in total. The molecule has 2 aromatic carbocycles. The highest BCUT2D eigenvalue weighted by molar-refractivity contribution is 7.96. The lowest BCUT2D eigenvalue weighted by Gasteiger charge is -2.07. The van der Waals surface area contributed by atoms with Crippen LogP contribution in [-0.2, 0) is 10.0 Å². The molecule has 1 heterocycles. The summed E-state index contributed by atoms with van der Waals surface area (Å²) < 4.78 is 36.8. The number of methoxy groups -OCH3 is 1. The lowest BCUT2D eigenvalue weighted by Crippen LogP contribution is -2.20. The number of rotatable bonds is 6. The van der Waals surface area contributed by atoms with Crippen LogP contribution in [0.3, 0.4) is 0 Å². The molecule has 1 aromatic heterocycles. The molecule has 0 aliphatic rings. The van der Waals surface area contributed by atoms with E-state index in [0.717, 1.165) is 6.08 Å². The molecule has 0 atom stereocenters. The summed E-state index contributed by atoms with van der Waals surface area (Å²) in [6, 6.07) is 10.0. The van der Waals surface area contributed by atoms with Crippen LogP contribution in [0.4, 0.5) is 5.69 Å². The van der Waals surface area contributed by atoms with E-state index in [2.05, 4.69) is 9.71 Å². The van der Waals surface area contributed by atoms with Crippen molar-refractivity contribution in [2.24, 2.45) is 0 Å². The predicted octanol–water partition coefficient (Wildman–Crippen LogP) is 2.15. The zero-order valence-electron chi connectivity index (χ0n) is 13.8. The molecule has 0 saturated carbocycles. The summed E-state index contributed by atoms with van der Waals surface area (Å²) in [4.78, 5) is 23.9. The van der Waals surface area contributed by atoms with Crippen molar-refractivity contribution < 1.29 is 22.5 Å². The van der Waals surface area contributed by atoms with Gasteiger partial charge < -0.3 is 9.15 Å². The van der Waals surface area contributed by atoms with Gasteiger partial charge in [-0.1, -0.05) is 6.07 Å². The highest BCUT2D eigenvalue weighted by atomic mass is 32.2. The number of ether oxygens (including phenoxy) is 1. The Hall–Kier alpha value is -3.60. The highest BCUT2D eigenvalue weighted by Gasteiger charge is 2.29. The predicted molar refractivity (Wildman–Crippen MR) is 97.3 cm³/mol. The fraction of sp³-hybridized carbons (Fsp3) is 0.0625. The third-order valence-electron chi connectivity index (χ3n) is 3.53. The number of oxazole rings is 1. The Morgan fingerprint density at radius 3 is 2.59 bits per heavy atom. The summed E-state index contributed by atoms with van der Waals surface area (Å²) in [5.41, 5.74) is 0.875. The average Bonchev–Trinajstić information content (AvgIpc) is 2.98. The number of aromatic nitrogens is 1. The summed E-state index contributed by atoms with van der Waals surface area (Å²) in [5.74, 6) is -0.181.